The summed E-state index contributed by atoms with van der Waals surface area (Å²) in [7, 11) is 0. The van der Waals surface area contributed by atoms with Gasteiger partial charge in [0, 0.05) is 39.5 Å². The standard InChI is InChI=1S/C101H78F4N2O2/c1-9-65-21-43-79(44-22-65)108-81-47-29-69(30-48-81)100(67-25-33-71(102)34-26-67)87-17-13-11-15-83(87)85-51-39-73(55-91(85)100)106(77-37-19-63(3)95(104)59-77)75-41-53-89-93(57-75)99(61-97(89,5)6)62-98(7,8)90-54-42-76(58-94(90)99)107(78-38-20-64(4)96(105)60-78)74-40-52-86-84-16-12-14-18-88(84)101(92(86)56-74,68-27-35-72(103)36-28-68)70-31-49-82(50-32-70)109-80-45-23-66(10-2)24-46-80/h9-60H,1-2,61-62H2,3-8H3. The van der Waals surface area contributed by atoms with E-state index in [2.05, 4.69) is 196 Å². The normalized spacial score (nSPS) is 17.7. The Morgan fingerprint density at radius 2 is 0.596 bits per heavy atom. The zero-order valence-electron chi connectivity index (χ0n) is 61.6. The van der Waals surface area contributed by atoms with Crippen LogP contribution in [0, 0.1) is 37.1 Å². The van der Waals surface area contributed by atoms with E-state index in [1.54, 1.807) is 38.1 Å². The van der Waals surface area contributed by atoms with Crippen LogP contribution in [0.25, 0.3) is 34.4 Å². The van der Waals surface area contributed by atoms with Gasteiger partial charge < -0.3 is 19.3 Å². The van der Waals surface area contributed by atoms with E-state index in [1.165, 1.54) is 46.5 Å². The minimum Gasteiger partial charge on any atom is -0.457 e. The Morgan fingerprint density at radius 1 is 0.303 bits per heavy atom. The molecule has 0 fully saturated rings. The molecule has 532 valence electrons. The molecule has 1 spiro atoms. The number of benzene rings is 14. The van der Waals surface area contributed by atoms with Crippen molar-refractivity contribution in [2.24, 2.45) is 0 Å². The highest BCUT2D eigenvalue weighted by Gasteiger charge is 2.57. The van der Waals surface area contributed by atoms with Gasteiger partial charge >= 0.3 is 0 Å². The molecule has 0 heterocycles. The third kappa shape index (κ3) is 11.0. The van der Waals surface area contributed by atoms with E-state index in [1.807, 2.05) is 121 Å². The number of anilines is 6. The van der Waals surface area contributed by atoms with E-state index >= 15 is 17.6 Å². The molecule has 8 heteroatoms. The summed E-state index contributed by atoms with van der Waals surface area (Å²) in [5.41, 5.74) is 21.3. The molecule has 14 aromatic rings. The first-order valence-electron chi connectivity index (χ1n) is 37.2. The van der Waals surface area contributed by atoms with Crippen molar-refractivity contribution in [3.05, 3.63) is 429 Å². The van der Waals surface area contributed by atoms with E-state index in [9.17, 15) is 0 Å². The van der Waals surface area contributed by atoms with Crippen molar-refractivity contribution >= 4 is 46.3 Å². The lowest BCUT2D eigenvalue weighted by atomic mass is 9.67. The molecule has 0 saturated carbocycles. The first kappa shape index (κ1) is 68.3. The molecule has 2 atom stereocenters. The maximum atomic E-state index is 16.7. The fourth-order valence-corrected chi connectivity index (χ4v) is 18.9. The van der Waals surface area contributed by atoms with Gasteiger partial charge in [-0.3, -0.25) is 0 Å². The van der Waals surface area contributed by atoms with Crippen LogP contribution in [0.1, 0.15) is 130 Å². The number of aryl methyl sites for hydroxylation is 2. The van der Waals surface area contributed by atoms with Crippen molar-refractivity contribution in [3.8, 4) is 45.3 Å². The summed E-state index contributed by atoms with van der Waals surface area (Å²) < 4.78 is 77.1. The summed E-state index contributed by atoms with van der Waals surface area (Å²) >= 11 is 0. The molecule has 0 aliphatic heterocycles. The van der Waals surface area contributed by atoms with E-state index in [4.69, 9.17) is 9.47 Å². The monoisotopic (exact) mass is 1430 g/mol. The van der Waals surface area contributed by atoms with Crippen LogP contribution in [0.15, 0.2) is 316 Å². The zero-order chi connectivity index (χ0) is 74.9. The van der Waals surface area contributed by atoms with Crippen LogP contribution in [-0.2, 0) is 27.1 Å². The first-order chi connectivity index (χ1) is 52.8. The van der Waals surface area contributed by atoms with Gasteiger partial charge in [0.15, 0.2) is 0 Å². The van der Waals surface area contributed by atoms with Crippen LogP contribution < -0.4 is 19.3 Å². The van der Waals surface area contributed by atoms with Gasteiger partial charge in [-0.25, -0.2) is 17.6 Å². The van der Waals surface area contributed by atoms with Gasteiger partial charge in [0.2, 0.25) is 0 Å². The topological polar surface area (TPSA) is 24.9 Å². The minimum absolute atomic E-state index is 0.313. The van der Waals surface area contributed by atoms with Crippen molar-refractivity contribution in [2.75, 3.05) is 9.80 Å². The molecule has 4 aliphatic carbocycles. The van der Waals surface area contributed by atoms with Gasteiger partial charge in [0.1, 0.15) is 46.3 Å². The highest BCUT2D eigenvalue weighted by molar-refractivity contribution is 5.92. The zero-order valence-corrected chi connectivity index (χ0v) is 61.6. The predicted molar refractivity (Wildman–Crippen MR) is 435 cm³/mol. The molecule has 4 aliphatic rings. The number of hydrogen-bond acceptors (Lipinski definition) is 4. The summed E-state index contributed by atoms with van der Waals surface area (Å²) in [6.07, 6.45) is 5.19. The van der Waals surface area contributed by atoms with Crippen LogP contribution in [-0.4, -0.2) is 0 Å². The maximum absolute atomic E-state index is 16.7. The molecule has 0 radical (unpaired) electrons. The molecule has 4 nitrogen and oxygen atoms in total. The van der Waals surface area contributed by atoms with E-state index in [-0.39, 0.29) is 34.1 Å². The molecule has 109 heavy (non-hydrogen) atoms. The van der Waals surface area contributed by atoms with Crippen LogP contribution >= 0.6 is 0 Å². The van der Waals surface area contributed by atoms with Gasteiger partial charge in [-0.2, -0.15) is 0 Å². The van der Waals surface area contributed by atoms with Crippen LogP contribution in [0.5, 0.6) is 23.0 Å². The molecule has 2 unspecified atom stereocenters. The molecule has 0 amide bonds. The van der Waals surface area contributed by atoms with E-state index < -0.39 is 16.2 Å². The maximum Gasteiger partial charge on any atom is 0.128 e. The molecule has 0 bridgehead atoms. The molecular weight excluding hydrogens is 1350 g/mol. The predicted octanol–water partition coefficient (Wildman–Crippen LogP) is 27.0. The highest BCUT2D eigenvalue weighted by atomic mass is 19.1. The Kier molecular flexibility index (Phi) is 16.2. The van der Waals surface area contributed by atoms with E-state index in [0.717, 1.165) is 113 Å². The second-order valence-corrected chi connectivity index (χ2v) is 31.1. The smallest absolute Gasteiger partial charge is 0.128 e. The Bertz CT molecular complexity index is 5610. The van der Waals surface area contributed by atoms with Crippen molar-refractivity contribution in [3.63, 3.8) is 0 Å². The van der Waals surface area contributed by atoms with E-state index in [0.29, 0.717) is 45.5 Å². The molecule has 14 aromatic carbocycles. The lowest BCUT2D eigenvalue weighted by Gasteiger charge is -2.35. The Labute approximate surface area is 634 Å². The average Bonchev–Trinajstić information content (AvgIpc) is 1.54. The molecular formula is C101H78F4N2O2. The lowest BCUT2D eigenvalue weighted by molar-refractivity contribution is 0.349. The van der Waals surface area contributed by atoms with Crippen LogP contribution in [0.3, 0.4) is 0 Å². The van der Waals surface area contributed by atoms with Crippen LogP contribution in [0.4, 0.5) is 51.7 Å². The molecule has 0 N–H and O–H groups in total. The summed E-state index contributed by atoms with van der Waals surface area (Å²) in [6, 6.07) is 101. The van der Waals surface area contributed by atoms with Crippen LogP contribution in [0.2, 0.25) is 0 Å². The summed E-state index contributed by atoms with van der Waals surface area (Å²) in [5, 5.41) is 0. The van der Waals surface area contributed by atoms with Gasteiger partial charge in [-0.15, -0.1) is 0 Å². The Morgan fingerprint density at radius 3 is 0.945 bits per heavy atom. The molecule has 18 rings (SSSR count). The van der Waals surface area contributed by atoms with Gasteiger partial charge in [0.05, 0.1) is 10.8 Å². The van der Waals surface area contributed by atoms with Gasteiger partial charge in [0.25, 0.3) is 0 Å². The number of rotatable bonds is 16. The van der Waals surface area contributed by atoms with Crippen molar-refractivity contribution < 1.29 is 27.0 Å². The Balaban J connectivity index is 0.795. The quantitative estimate of drug-likeness (QED) is 0.0900. The number of hydrogen-bond donors (Lipinski definition) is 0. The Hall–Kier alpha value is -12.5. The number of halogens is 4. The SMILES string of the molecule is C=Cc1ccc(Oc2ccc(C3(c4ccc(F)cc4)c4ccccc4-c4ccc(N(c5ccc(C)c(F)c5)c5ccc6c(c5)C5(CC6(C)C)CC(C)(C)c6ccc(N(c7ccc(C)c(F)c7)c7ccc8c(c7)C(c7ccc(F)cc7)(c7ccc(Oc9ccc(C=C)cc9)cc7)c7ccccc7-8)cc65)cc43)cc2)cc1. The van der Waals surface area contributed by atoms with Crippen molar-refractivity contribution in [1.29, 1.82) is 0 Å². The fraction of sp³-hybridized carbons (Fsp3) is 0.129. The third-order valence-electron chi connectivity index (χ3n) is 23.7. The second-order valence-electron chi connectivity index (χ2n) is 31.1. The summed E-state index contributed by atoms with van der Waals surface area (Å²) in [6.45, 7) is 20.8. The van der Waals surface area contributed by atoms with Gasteiger partial charge in [-0.1, -0.05) is 211 Å². The first-order valence-corrected chi connectivity index (χ1v) is 37.2. The fourth-order valence-electron chi connectivity index (χ4n) is 18.9. The highest BCUT2D eigenvalue weighted by Crippen LogP contribution is 2.66. The largest absolute Gasteiger partial charge is 0.457 e. The number of nitrogens with zero attached hydrogens (tertiary/aromatic N) is 2. The summed E-state index contributed by atoms with van der Waals surface area (Å²) in [4.78, 5) is 4.40. The van der Waals surface area contributed by atoms with Gasteiger partial charge in [-0.05, 0) is 294 Å². The number of ether oxygens (including phenoxy) is 2. The minimum atomic E-state index is -0.955. The average molecular weight is 1430 g/mol. The second kappa shape index (κ2) is 25.9. The third-order valence-corrected chi connectivity index (χ3v) is 23.7. The summed E-state index contributed by atoms with van der Waals surface area (Å²) in [5.74, 6) is 1.37. The molecule has 0 aromatic heterocycles. The molecule has 0 saturated heterocycles. The van der Waals surface area contributed by atoms with Crippen molar-refractivity contribution in [1.82, 2.24) is 0 Å². The van der Waals surface area contributed by atoms with Crippen molar-refractivity contribution in [2.45, 2.75) is 81.5 Å². The lowest BCUT2D eigenvalue weighted by Crippen LogP contribution is -2.29. The number of fused-ring (bicyclic) bond motifs is 10.